The number of nitrogens with zero attached hydrogens (tertiary/aromatic N) is 2. The Kier molecular flexibility index (Phi) is 6.26. The predicted octanol–water partition coefficient (Wildman–Crippen LogP) is 1.91. The van der Waals surface area contributed by atoms with Crippen LogP contribution < -0.4 is 5.32 Å². The highest BCUT2D eigenvalue weighted by molar-refractivity contribution is 7.20. The number of ether oxygens (including phenoxy) is 2. The van der Waals surface area contributed by atoms with Crippen molar-refractivity contribution < 1.29 is 19.4 Å². The summed E-state index contributed by atoms with van der Waals surface area (Å²) in [5, 5.41) is 12.7. The Morgan fingerprint density at radius 1 is 1.30 bits per heavy atom. The Morgan fingerprint density at radius 2 is 2.09 bits per heavy atom. The summed E-state index contributed by atoms with van der Waals surface area (Å²) in [6.45, 7) is 7.12. The van der Waals surface area contributed by atoms with Crippen molar-refractivity contribution in [3.05, 3.63) is 16.3 Å². The lowest BCUT2D eigenvalue weighted by molar-refractivity contribution is 0.0531. The molecule has 2 aromatic heterocycles. The Morgan fingerprint density at radius 3 is 2.78 bits per heavy atom. The number of rotatable bonds is 8. The molecule has 0 aliphatic carbocycles. The molecule has 0 saturated heterocycles. The SMILES string of the molecule is CCOC(=O)c1sc2nc(C)nc(NCCOCCO)c2c1C. The van der Waals surface area contributed by atoms with Crippen LogP contribution in [-0.4, -0.2) is 54.0 Å². The molecule has 0 radical (unpaired) electrons. The molecule has 0 aromatic carbocycles. The average molecular weight is 339 g/mol. The molecule has 0 fully saturated rings. The summed E-state index contributed by atoms with van der Waals surface area (Å²) < 4.78 is 10.3. The maximum absolute atomic E-state index is 12.0. The van der Waals surface area contributed by atoms with E-state index < -0.39 is 0 Å². The molecule has 0 atom stereocenters. The monoisotopic (exact) mass is 339 g/mol. The first kappa shape index (κ1) is 17.6. The molecule has 126 valence electrons. The van der Waals surface area contributed by atoms with Crippen LogP contribution in [0.15, 0.2) is 0 Å². The summed E-state index contributed by atoms with van der Waals surface area (Å²) in [7, 11) is 0. The molecular weight excluding hydrogens is 318 g/mol. The van der Waals surface area contributed by atoms with Crippen molar-refractivity contribution in [3.8, 4) is 0 Å². The first-order chi connectivity index (χ1) is 11.1. The molecule has 0 unspecified atom stereocenters. The molecule has 2 heterocycles. The zero-order valence-electron chi connectivity index (χ0n) is 13.5. The van der Waals surface area contributed by atoms with E-state index in [4.69, 9.17) is 14.6 Å². The van der Waals surface area contributed by atoms with Crippen LogP contribution >= 0.6 is 11.3 Å². The van der Waals surface area contributed by atoms with Crippen LogP contribution in [0.25, 0.3) is 10.2 Å². The lowest BCUT2D eigenvalue weighted by atomic mass is 10.2. The zero-order chi connectivity index (χ0) is 16.8. The van der Waals surface area contributed by atoms with Gasteiger partial charge in [-0.15, -0.1) is 11.3 Å². The molecule has 8 heteroatoms. The Balaban J connectivity index is 2.27. The number of esters is 1. The van der Waals surface area contributed by atoms with Crippen LogP contribution in [0.1, 0.15) is 28.0 Å². The summed E-state index contributed by atoms with van der Waals surface area (Å²) in [5.41, 5.74) is 0.822. The number of aliphatic hydroxyl groups excluding tert-OH is 1. The van der Waals surface area contributed by atoms with Crippen molar-refractivity contribution in [2.45, 2.75) is 20.8 Å². The normalized spacial score (nSPS) is 11.0. The molecule has 2 rings (SSSR count). The largest absolute Gasteiger partial charge is 0.462 e. The molecule has 0 spiro atoms. The number of fused-ring (bicyclic) bond motifs is 1. The van der Waals surface area contributed by atoms with E-state index in [2.05, 4.69) is 15.3 Å². The lowest BCUT2D eigenvalue weighted by Crippen LogP contribution is -2.13. The third kappa shape index (κ3) is 4.15. The van der Waals surface area contributed by atoms with Gasteiger partial charge in [-0.1, -0.05) is 0 Å². The standard InChI is InChI=1S/C15H21N3O4S/c1-4-22-15(20)12-9(2)11-13(16-5-7-21-8-6-19)17-10(3)18-14(11)23-12/h19H,4-8H2,1-3H3,(H,16,17,18). The molecular formula is C15H21N3O4S. The molecule has 0 saturated carbocycles. The summed E-state index contributed by atoms with van der Waals surface area (Å²) in [6, 6.07) is 0. The van der Waals surface area contributed by atoms with Gasteiger partial charge in [0, 0.05) is 6.54 Å². The fourth-order valence-electron chi connectivity index (χ4n) is 2.17. The second-order valence-electron chi connectivity index (χ2n) is 4.84. The maximum atomic E-state index is 12.0. The fraction of sp³-hybridized carbons (Fsp3) is 0.533. The van der Waals surface area contributed by atoms with Crippen molar-refractivity contribution in [2.24, 2.45) is 0 Å². The maximum Gasteiger partial charge on any atom is 0.348 e. The Bertz CT molecular complexity index is 687. The van der Waals surface area contributed by atoms with Gasteiger partial charge in [0.2, 0.25) is 0 Å². The molecule has 0 aliphatic heterocycles. The van der Waals surface area contributed by atoms with Crippen molar-refractivity contribution in [1.29, 1.82) is 0 Å². The van der Waals surface area contributed by atoms with E-state index >= 15 is 0 Å². The van der Waals surface area contributed by atoms with E-state index in [-0.39, 0.29) is 12.6 Å². The van der Waals surface area contributed by atoms with E-state index in [0.717, 1.165) is 15.8 Å². The predicted molar refractivity (Wildman–Crippen MR) is 89.2 cm³/mol. The molecule has 0 bridgehead atoms. The second kappa shape index (κ2) is 8.19. The van der Waals surface area contributed by atoms with Gasteiger partial charge in [0.05, 0.1) is 31.8 Å². The van der Waals surface area contributed by atoms with Gasteiger partial charge in [-0.2, -0.15) is 0 Å². The van der Waals surface area contributed by atoms with Crippen LogP contribution in [-0.2, 0) is 9.47 Å². The van der Waals surface area contributed by atoms with E-state index in [0.29, 0.717) is 42.9 Å². The highest BCUT2D eigenvalue weighted by Gasteiger charge is 2.20. The van der Waals surface area contributed by atoms with Gasteiger partial charge in [-0.05, 0) is 26.3 Å². The third-order valence-electron chi connectivity index (χ3n) is 3.14. The Hall–Kier alpha value is -1.77. The number of carbonyl (C=O) groups excluding carboxylic acids is 1. The number of aliphatic hydroxyl groups is 1. The number of hydrogen-bond donors (Lipinski definition) is 2. The summed E-state index contributed by atoms with van der Waals surface area (Å²) in [4.78, 5) is 22.2. The van der Waals surface area contributed by atoms with Gasteiger partial charge < -0.3 is 19.9 Å². The number of aromatic nitrogens is 2. The van der Waals surface area contributed by atoms with Gasteiger partial charge in [0.1, 0.15) is 21.3 Å². The van der Waals surface area contributed by atoms with Crippen molar-refractivity contribution >= 4 is 33.3 Å². The van der Waals surface area contributed by atoms with Gasteiger partial charge in [0.25, 0.3) is 0 Å². The minimum absolute atomic E-state index is 0.00337. The molecule has 2 N–H and O–H groups in total. The highest BCUT2D eigenvalue weighted by atomic mass is 32.1. The smallest absolute Gasteiger partial charge is 0.348 e. The van der Waals surface area contributed by atoms with Gasteiger partial charge in [-0.3, -0.25) is 0 Å². The number of hydrogen-bond acceptors (Lipinski definition) is 8. The molecule has 0 aliphatic rings. The molecule has 7 nitrogen and oxygen atoms in total. The summed E-state index contributed by atoms with van der Waals surface area (Å²) >= 11 is 1.32. The zero-order valence-corrected chi connectivity index (χ0v) is 14.3. The Labute approximate surface area is 138 Å². The summed E-state index contributed by atoms with van der Waals surface area (Å²) in [5.74, 6) is 0.986. The minimum Gasteiger partial charge on any atom is -0.462 e. The topological polar surface area (TPSA) is 93.6 Å². The van der Waals surface area contributed by atoms with Crippen molar-refractivity contribution in [2.75, 3.05) is 38.3 Å². The van der Waals surface area contributed by atoms with Gasteiger partial charge >= 0.3 is 5.97 Å². The molecule has 0 amide bonds. The first-order valence-corrected chi connectivity index (χ1v) is 8.27. The van der Waals surface area contributed by atoms with E-state index in [9.17, 15) is 4.79 Å². The number of carbonyl (C=O) groups is 1. The first-order valence-electron chi connectivity index (χ1n) is 7.45. The van der Waals surface area contributed by atoms with Gasteiger partial charge in [0.15, 0.2) is 0 Å². The fourth-order valence-corrected chi connectivity index (χ4v) is 3.29. The number of aryl methyl sites for hydroxylation is 2. The van der Waals surface area contributed by atoms with E-state index in [1.54, 1.807) is 6.92 Å². The van der Waals surface area contributed by atoms with Crippen LogP contribution in [0.4, 0.5) is 5.82 Å². The van der Waals surface area contributed by atoms with E-state index in [1.807, 2.05) is 13.8 Å². The average Bonchev–Trinajstić information content (AvgIpc) is 2.84. The lowest BCUT2D eigenvalue weighted by Gasteiger charge is -2.08. The van der Waals surface area contributed by atoms with Crippen molar-refractivity contribution in [3.63, 3.8) is 0 Å². The second-order valence-corrected chi connectivity index (χ2v) is 5.84. The van der Waals surface area contributed by atoms with Gasteiger partial charge in [-0.25, -0.2) is 14.8 Å². The van der Waals surface area contributed by atoms with Crippen LogP contribution in [0.3, 0.4) is 0 Å². The molecule has 2 aromatic rings. The minimum atomic E-state index is -0.331. The van der Waals surface area contributed by atoms with Crippen LogP contribution in [0.5, 0.6) is 0 Å². The third-order valence-corrected chi connectivity index (χ3v) is 4.30. The highest BCUT2D eigenvalue weighted by Crippen LogP contribution is 2.34. The number of thiophene rings is 1. The van der Waals surface area contributed by atoms with Crippen LogP contribution in [0.2, 0.25) is 0 Å². The molecule has 23 heavy (non-hydrogen) atoms. The van der Waals surface area contributed by atoms with E-state index in [1.165, 1.54) is 11.3 Å². The number of nitrogens with one attached hydrogen (secondary N) is 1. The number of anilines is 1. The summed E-state index contributed by atoms with van der Waals surface area (Å²) in [6.07, 6.45) is 0. The quantitative estimate of drug-likeness (QED) is 0.560. The van der Waals surface area contributed by atoms with Crippen LogP contribution in [0, 0.1) is 13.8 Å². The van der Waals surface area contributed by atoms with Crippen molar-refractivity contribution in [1.82, 2.24) is 9.97 Å².